The van der Waals surface area contributed by atoms with Crippen LogP contribution < -0.4 is 4.90 Å². The standard InChI is InChI=1S/C19H19N5O2S2/c1-13-6-5-10-23(12-13)17-16-15(9-11-27-16)24-18(20-17)19(21-22-24)28(25,26)14-7-3-2-4-8-14/h2-4,7-9,11,13H,5-6,10,12H2,1H3. The predicted octanol–water partition coefficient (Wildman–Crippen LogP) is 3.41. The smallest absolute Gasteiger partial charge is 0.229 e. The van der Waals surface area contributed by atoms with Crippen molar-refractivity contribution in [2.24, 2.45) is 5.92 Å². The van der Waals surface area contributed by atoms with Gasteiger partial charge in [-0.15, -0.1) is 16.4 Å². The largest absolute Gasteiger partial charge is 0.355 e. The summed E-state index contributed by atoms with van der Waals surface area (Å²) in [4.78, 5) is 7.24. The molecule has 144 valence electrons. The summed E-state index contributed by atoms with van der Waals surface area (Å²) < 4.78 is 28.9. The van der Waals surface area contributed by atoms with Crippen molar-refractivity contribution in [2.75, 3.05) is 18.0 Å². The topological polar surface area (TPSA) is 80.5 Å². The molecule has 28 heavy (non-hydrogen) atoms. The van der Waals surface area contributed by atoms with E-state index < -0.39 is 9.84 Å². The lowest BCUT2D eigenvalue weighted by atomic mass is 10.0. The van der Waals surface area contributed by atoms with E-state index in [9.17, 15) is 8.42 Å². The molecule has 7 nitrogen and oxygen atoms in total. The maximum atomic E-state index is 13.2. The predicted molar refractivity (Wildman–Crippen MR) is 109 cm³/mol. The van der Waals surface area contributed by atoms with Gasteiger partial charge in [0.1, 0.15) is 0 Å². The highest BCUT2D eigenvalue weighted by atomic mass is 32.2. The lowest BCUT2D eigenvalue weighted by Crippen LogP contribution is -2.35. The Balaban J connectivity index is 1.74. The van der Waals surface area contributed by atoms with E-state index in [1.807, 2.05) is 11.4 Å². The maximum absolute atomic E-state index is 13.2. The first-order chi connectivity index (χ1) is 13.6. The summed E-state index contributed by atoms with van der Waals surface area (Å²) in [7, 11) is -3.80. The quantitative estimate of drug-likeness (QED) is 0.512. The third kappa shape index (κ3) is 2.68. The van der Waals surface area contributed by atoms with Crippen LogP contribution >= 0.6 is 11.3 Å². The minimum atomic E-state index is -3.80. The molecule has 0 N–H and O–H groups in total. The van der Waals surface area contributed by atoms with Crippen LogP contribution in [-0.2, 0) is 9.84 Å². The van der Waals surface area contributed by atoms with Crippen molar-refractivity contribution in [3.8, 4) is 0 Å². The number of nitrogens with zero attached hydrogens (tertiary/aromatic N) is 5. The molecular weight excluding hydrogens is 394 g/mol. The van der Waals surface area contributed by atoms with Crippen LogP contribution in [0.5, 0.6) is 0 Å². The molecule has 0 saturated carbocycles. The Labute approximate surface area is 166 Å². The zero-order chi connectivity index (χ0) is 19.3. The van der Waals surface area contributed by atoms with Gasteiger partial charge in [-0.05, 0) is 42.3 Å². The molecule has 9 heteroatoms. The van der Waals surface area contributed by atoms with Crippen molar-refractivity contribution in [2.45, 2.75) is 29.7 Å². The number of piperidine rings is 1. The molecule has 0 radical (unpaired) electrons. The normalized spacial score (nSPS) is 18.2. The molecule has 5 rings (SSSR count). The van der Waals surface area contributed by atoms with Gasteiger partial charge in [-0.2, -0.15) is 4.52 Å². The molecule has 1 saturated heterocycles. The Morgan fingerprint density at radius 1 is 1.18 bits per heavy atom. The fourth-order valence-electron chi connectivity index (χ4n) is 3.79. The van der Waals surface area contributed by atoms with E-state index in [2.05, 4.69) is 22.1 Å². The Kier molecular flexibility index (Phi) is 4.09. The summed E-state index contributed by atoms with van der Waals surface area (Å²) in [6, 6.07) is 10.3. The van der Waals surface area contributed by atoms with Crippen molar-refractivity contribution in [1.82, 2.24) is 19.8 Å². The molecule has 1 aliphatic heterocycles. The van der Waals surface area contributed by atoms with Gasteiger partial charge >= 0.3 is 0 Å². The van der Waals surface area contributed by atoms with Gasteiger partial charge in [0.25, 0.3) is 0 Å². The molecule has 0 bridgehead atoms. The number of rotatable bonds is 3. The molecular formula is C19H19N5O2S2. The van der Waals surface area contributed by atoms with Crippen molar-refractivity contribution in [3.63, 3.8) is 0 Å². The average molecular weight is 414 g/mol. The fraction of sp³-hybridized carbons (Fsp3) is 0.316. The third-order valence-electron chi connectivity index (χ3n) is 5.17. The number of hydrogen-bond acceptors (Lipinski definition) is 7. The number of sulfone groups is 1. The van der Waals surface area contributed by atoms with Crippen LogP contribution in [0.2, 0.25) is 0 Å². The molecule has 3 aromatic heterocycles. The van der Waals surface area contributed by atoms with Crippen molar-refractivity contribution >= 4 is 42.9 Å². The minimum absolute atomic E-state index is 0.0990. The van der Waals surface area contributed by atoms with Crippen molar-refractivity contribution in [3.05, 3.63) is 41.8 Å². The van der Waals surface area contributed by atoms with Gasteiger partial charge in [-0.1, -0.05) is 30.3 Å². The summed E-state index contributed by atoms with van der Waals surface area (Å²) in [5.41, 5.74) is 1.12. The third-order valence-corrected chi connectivity index (χ3v) is 7.73. The molecule has 1 aliphatic rings. The number of aromatic nitrogens is 4. The lowest BCUT2D eigenvalue weighted by Gasteiger charge is -2.32. The first kappa shape index (κ1) is 17.6. The average Bonchev–Trinajstić information content (AvgIpc) is 3.35. The Bertz CT molecular complexity index is 1260. The van der Waals surface area contributed by atoms with Crippen LogP contribution in [0.15, 0.2) is 51.7 Å². The Hall–Kier alpha value is -2.52. The molecule has 1 unspecified atom stereocenters. The highest BCUT2D eigenvalue weighted by Gasteiger charge is 2.29. The number of thiophene rings is 1. The van der Waals surface area contributed by atoms with E-state index in [0.29, 0.717) is 5.92 Å². The number of hydrogen-bond donors (Lipinski definition) is 0. The van der Waals surface area contributed by atoms with Crippen LogP contribution in [0.25, 0.3) is 15.9 Å². The van der Waals surface area contributed by atoms with Gasteiger partial charge in [0.05, 0.1) is 15.1 Å². The van der Waals surface area contributed by atoms with Crippen molar-refractivity contribution in [1.29, 1.82) is 0 Å². The van der Waals surface area contributed by atoms with Crippen LogP contribution in [0.4, 0.5) is 5.82 Å². The molecule has 1 atom stereocenters. The fourth-order valence-corrected chi connectivity index (χ4v) is 5.93. The second-order valence-corrected chi connectivity index (χ2v) is 9.99. The first-order valence-electron chi connectivity index (χ1n) is 9.23. The van der Waals surface area contributed by atoms with E-state index >= 15 is 0 Å². The van der Waals surface area contributed by atoms with E-state index in [4.69, 9.17) is 4.98 Å². The molecule has 0 amide bonds. The number of anilines is 1. The molecule has 4 heterocycles. The Morgan fingerprint density at radius 2 is 2.00 bits per heavy atom. The van der Waals surface area contributed by atoms with E-state index in [0.717, 1.165) is 35.5 Å². The van der Waals surface area contributed by atoms with E-state index in [1.165, 1.54) is 6.42 Å². The van der Waals surface area contributed by atoms with Gasteiger partial charge in [0, 0.05) is 13.1 Å². The maximum Gasteiger partial charge on any atom is 0.229 e. The zero-order valence-corrected chi connectivity index (χ0v) is 16.9. The number of benzene rings is 1. The second-order valence-electron chi connectivity index (χ2n) is 7.21. The van der Waals surface area contributed by atoms with Crippen LogP contribution in [0.3, 0.4) is 0 Å². The van der Waals surface area contributed by atoms with Crippen LogP contribution in [0.1, 0.15) is 19.8 Å². The first-order valence-corrected chi connectivity index (χ1v) is 11.6. The van der Waals surface area contributed by atoms with Gasteiger partial charge in [-0.3, -0.25) is 0 Å². The van der Waals surface area contributed by atoms with E-state index in [-0.39, 0.29) is 15.6 Å². The molecule has 1 aromatic carbocycles. The van der Waals surface area contributed by atoms with Crippen LogP contribution in [-0.4, -0.2) is 41.3 Å². The van der Waals surface area contributed by atoms with Gasteiger partial charge < -0.3 is 4.90 Å². The minimum Gasteiger partial charge on any atom is -0.355 e. The summed E-state index contributed by atoms with van der Waals surface area (Å²) >= 11 is 1.59. The van der Waals surface area contributed by atoms with E-state index in [1.54, 1.807) is 46.2 Å². The molecule has 4 aromatic rings. The number of fused-ring (bicyclic) bond motifs is 3. The van der Waals surface area contributed by atoms with Crippen LogP contribution in [0, 0.1) is 5.92 Å². The van der Waals surface area contributed by atoms with Gasteiger partial charge in [-0.25, -0.2) is 13.4 Å². The Morgan fingerprint density at radius 3 is 2.79 bits per heavy atom. The molecule has 0 spiro atoms. The highest BCUT2D eigenvalue weighted by molar-refractivity contribution is 7.91. The molecule has 1 fully saturated rings. The monoisotopic (exact) mass is 413 g/mol. The summed E-state index contributed by atoms with van der Waals surface area (Å²) in [6.45, 7) is 4.07. The lowest BCUT2D eigenvalue weighted by molar-refractivity contribution is 0.445. The second kappa shape index (κ2) is 6.52. The highest BCUT2D eigenvalue weighted by Crippen LogP contribution is 2.34. The summed E-state index contributed by atoms with van der Waals surface area (Å²) in [5, 5.41) is 10.0. The zero-order valence-electron chi connectivity index (χ0n) is 15.3. The summed E-state index contributed by atoms with van der Waals surface area (Å²) in [5.74, 6) is 1.41. The molecule has 0 aliphatic carbocycles. The SMILES string of the molecule is CC1CCCN(c2nc3c(S(=O)(=O)c4ccccc4)nnn3c3ccsc23)C1. The summed E-state index contributed by atoms with van der Waals surface area (Å²) in [6.07, 6.45) is 2.31. The van der Waals surface area contributed by atoms with Gasteiger partial charge in [0.2, 0.25) is 14.9 Å². The van der Waals surface area contributed by atoms with Gasteiger partial charge in [0.15, 0.2) is 11.5 Å². The van der Waals surface area contributed by atoms with Crippen molar-refractivity contribution < 1.29 is 8.42 Å².